The second-order valence-corrected chi connectivity index (χ2v) is 6.02. The Morgan fingerprint density at radius 3 is 1.84 bits per heavy atom. The Labute approximate surface area is 112 Å². The minimum absolute atomic E-state index is 0.0439. The molecule has 0 saturated heterocycles. The summed E-state index contributed by atoms with van der Waals surface area (Å²) in [5.74, 6) is 0.0439. The van der Waals surface area contributed by atoms with E-state index in [-0.39, 0.29) is 15.5 Å². The lowest BCUT2D eigenvalue weighted by Gasteiger charge is -2.05. The molecule has 0 heterocycles. The molecule has 0 spiro atoms. The van der Waals surface area contributed by atoms with Crippen LogP contribution in [0.1, 0.15) is 12.5 Å². The molecule has 2 aromatic rings. The van der Waals surface area contributed by atoms with E-state index in [1.54, 1.807) is 24.3 Å². The van der Waals surface area contributed by atoms with Crippen LogP contribution in [0.4, 0.5) is 0 Å². The van der Waals surface area contributed by atoms with Crippen LogP contribution in [-0.2, 0) is 9.84 Å². The van der Waals surface area contributed by atoms with Crippen LogP contribution in [0, 0.1) is 0 Å². The Balaban J connectivity index is 2.41. The average Bonchev–Trinajstić information content (AvgIpc) is 2.40. The standard InChI is InChI=1S/C15H14O3S/c1-2-3-12-4-8-14(9-5-12)19(17,18)15-10-6-13(16)7-11-15/h2-11,16H,1H3. The van der Waals surface area contributed by atoms with Crippen molar-refractivity contribution in [1.29, 1.82) is 0 Å². The van der Waals surface area contributed by atoms with Gasteiger partial charge in [0, 0.05) is 0 Å². The molecule has 0 atom stereocenters. The molecule has 2 rings (SSSR count). The molecule has 0 aromatic heterocycles. The quantitative estimate of drug-likeness (QED) is 0.934. The van der Waals surface area contributed by atoms with Gasteiger partial charge < -0.3 is 5.11 Å². The number of phenols is 1. The van der Waals surface area contributed by atoms with E-state index in [4.69, 9.17) is 0 Å². The maximum Gasteiger partial charge on any atom is 0.206 e. The molecule has 1 N–H and O–H groups in total. The first-order chi connectivity index (χ1) is 9.04. The summed E-state index contributed by atoms with van der Waals surface area (Å²) in [6.07, 6.45) is 3.79. The molecule has 19 heavy (non-hydrogen) atoms. The lowest BCUT2D eigenvalue weighted by Crippen LogP contribution is -2.01. The van der Waals surface area contributed by atoms with Gasteiger partial charge in [-0.25, -0.2) is 8.42 Å². The van der Waals surface area contributed by atoms with E-state index in [1.165, 1.54) is 24.3 Å². The summed E-state index contributed by atoms with van der Waals surface area (Å²) in [5, 5.41) is 9.19. The summed E-state index contributed by atoms with van der Waals surface area (Å²) in [5.41, 5.74) is 0.951. The number of hydrogen-bond acceptors (Lipinski definition) is 3. The van der Waals surface area contributed by atoms with Crippen LogP contribution in [-0.4, -0.2) is 13.5 Å². The number of rotatable bonds is 3. The van der Waals surface area contributed by atoms with Crippen LogP contribution in [0.5, 0.6) is 5.75 Å². The average molecular weight is 274 g/mol. The smallest absolute Gasteiger partial charge is 0.206 e. The van der Waals surface area contributed by atoms with Crippen LogP contribution >= 0.6 is 0 Å². The zero-order valence-corrected chi connectivity index (χ0v) is 11.3. The normalized spacial score (nSPS) is 11.8. The number of benzene rings is 2. The van der Waals surface area contributed by atoms with Crippen LogP contribution in [0.25, 0.3) is 6.08 Å². The van der Waals surface area contributed by atoms with Crippen LogP contribution in [0.15, 0.2) is 64.4 Å². The van der Waals surface area contributed by atoms with Gasteiger partial charge in [-0.1, -0.05) is 24.3 Å². The minimum atomic E-state index is -3.52. The molecule has 0 radical (unpaired) electrons. The first kappa shape index (κ1) is 13.4. The molecule has 0 aliphatic heterocycles. The Kier molecular flexibility index (Phi) is 3.71. The van der Waals surface area contributed by atoms with Crippen molar-refractivity contribution in [2.24, 2.45) is 0 Å². The SMILES string of the molecule is CC=Cc1ccc(S(=O)(=O)c2ccc(O)cc2)cc1. The van der Waals surface area contributed by atoms with E-state index in [0.29, 0.717) is 0 Å². The number of phenolic OH excluding ortho intramolecular Hbond substituents is 1. The van der Waals surface area contributed by atoms with E-state index in [1.807, 2.05) is 19.1 Å². The van der Waals surface area contributed by atoms with E-state index in [9.17, 15) is 13.5 Å². The Morgan fingerprint density at radius 2 is 1.37 bits per heavy atom. The monoisotopic (exact) mass is 274 g/mol. The molecule has 2 aromatic carbocycles. The molecular weight excluding hydrogens is 260 g/mol. The molecule has 0 unspecified atom stereocenters. The van der Waals surface area contributed by atoms with Crippen molar-refractivity contribution in [2.75, 3.05) is 0 Å². The molecule has 4 heteroatoms. The molecule has 98 valence electrons. The lowest BCUT2D eigenvalue weighted by atomic mass is 10.2. The van der Waals surface area contributed by atoms with E-state index in [2.05, 4.69) is 0 Å². The summed E-state index contributed by atoms with van der Waals surface area (Å²) in [4.78, 5) is 0.413. The Hall–Kier alpha value is -2.07. The molecule has 0 saturated carbocycles. The fraction of sp³-hybridized carbons (Fsp3) is 0.0667. The topological polar surface area (TPSA) is 54.4 Å². The van der Waals surface area contributed by atoms with Crippen molar-refractivity contribution in [2.45, 2.75) is 16.7 Å². The molecule has 3 nitrogen and oxygen atoms in total. The summed E-state index contributed by atoms with van der Waals surface area (Å²) in [6, 6.07) is 12.2. The number of aromatic hydroxyl groups is 1. The summed E-state index contributed by atoms with van der Waals surface area (Å²) >= 11 is 0. The first-order valence-corrected chi connectivity index (χ1v) is 7.29. The van der Waals surface area contributed by atoms with Gasteiger partial charge in [0.25, 0.3) is 0 Å². The van der Waals surface area contributed by atoms with Gasteiger partial charge >= 0.3 is 0 Å². The molecule has 0 aliphatic rings. The van der Waals surface area contributed by atoms with Crippen molar-refractivity contribution in [1.82, 2.24) is 0 Å². The van der Waals surface area contributed by atoms with Crippen molar-refractivity contribution < 1.29 is 13.5 Å². The van der Waals surface area contributed by atoms with E-state index >= 15 is 0 Å². The minimum Gasteiger partial charge on any atom is -0.508 e. The van der Waals surface area contributed by atoms with Gasteiger partial charge in [0.2, 0.25) is 9.84 Å². The second kappa shape index (κ2) is 5.28. The third-order valence-electron chi connectivity index (χ3n) is 2.70. The zero-order valence-electron chi connectivity index (χ0n) is 10.4. The van der Waals surface area contributed by atoms with Gasteiger partial charge in [-0.3, -0.25) is 0 Å². The van der Waals surface area contributed by atoms with Gasteiger partial charge in [-0.05, 0) is 48.9 Å². The van der Waals surface area contributed by atoms with E-state index < -0.39 is 9.84 Å². The molecule has 0 fully saturated rings. The van der Waals surface area contributed by atoms with Gasteiger partial charge in [-0.2, -0.15) is 0 Å². The van der Waals surface area contributed by atoms with Gasteiger partial charge in [-0.15, -0.1) is 0 Å². The van der Waals surface area contributed by atoms with Gasteiger partial charge in [0.15, 0.2) is 0 Å². The fourth-order valence-corrected chi connectivity index (χ4v) is 2.97. The molecule has 0 amide bonds. The molecule has 0 bridgehead atoms. The highest BCUT2D eigenvalue weighted by molar-refractivity contribution is 7.91. The number of hydrogen-bond donors (Lipinski definition) is 1. The lowest BCUT2D eigenvalue weighted by molar-refractivity contribution is 0.475. The second-order valence-electron chi connectivity index (χ2n) is 4.07. The Morgan fingerprint density at radius 1 is 0.895 bits per heavy atom. The molecule has 0 aliphatic carbocycles. The van der Waals surface area contributed by atoms with Crippen LogP contribution in [0.2, 0.25) is 0 Å². The van der Waals surface area contributed by atoms with Crippen molar-refractivity contribution in [3.05, 3.63) is 60.2 Å². The summed E-state index contributed by atoms with van der Waals surface area (Å²) < 4.78 is 24.6. The fourth-order valence-electron chi connectivity index (χ4n) is 1.71. The highest BCUT2D eigenvalue weighted by Crippen LogP contribution is 2.23. The van der Waals surface area contributed by atoms with Crippen molar-refractivity contribution >= 4 is 15.9 Å². The maximum atomic E-state index is 12.3. The van der Waals surface area contributed by atoms with Gasteiger partial charge in [0.05, 0.1) is 9.79 Å². The highest BCUT2D eigenvalue weighted by Gasteiger charge is 2.16. The van der Waals surface area contributed by atoms with Crippen molar-refractivity contribution in [3.8, 4) is 5.75 Å². The maximum absolute atomic E-state index is 12.3. The largest absolute Gasteiger partial charge is 0.508 e. The number of allylic oxidation sites excluding steroid dienone is 1. The van der Waals surface area contributed by atoms with Gasteiger partial charge in [0.1, 0.15) is 5.75 Å². The third kappa shape index (κ3) is 2.85. The zero-order chi connectivity index (χ0) is 13.9. The van der Waals surface area contributed by atoms with Crippen molar-refractivity contribution in [3.63, 3.8) is 0 Å². The summed E-state index contributed by atoms with van der Waals surface area (Å²) in [6.45, 7) is 1.90. The number of sulfone groups is 1. The third-order valence-corrected chi connectivity index (χ3v) is 4.48. The van der Waals surface area contributed by atoms with E-state index in [0.717, 1.165) is 5.56 Å². The predicted molar refractivity (Wildman–Crippen MR) is 74.7 cm³/mol. The molecular formula is C15H14O3S. The Bertz CT molecular complexity index is 681. The van der Waals surface area contributed by atoms with Crippen LogP contribution < -0.4 is 0 Å². The predicted octanol–water partition coefficient (Wildman–Crippen LogP) is 3.26. The first-order valence-electron chi connectivity index (χ1n) is 5.81. The summed E-state index contributed by atoms with van der Waals surface area (Å²) in [7, 11) is -3.52. The van der Waals surface area contributed by atoms with Crippen LogP contribution in [0.3, 0.4) is 0 Å². The highest BCUT2D eigenvalue weighted by atomic mass is 32.2.